The van der Waals surface area contributed by atoms with Gasteiger partial charge in [0.05, 0.1) is 10.5 Å². The van der Waals surface area contributed by atoms with Crippen molar-refractivity contribution in [2.24, 2.45) is 0 Å². The number of nitrogens with one attached hydrogen (secondary N) is 2. The number of halogens is 2. The molecule has 2 N–H and O–H groups in total. The predicted octanol–water partition coefficient (Wildman–Crippen LogP) is 1.59. The molecule has 0 saturated carbocycles. The number of hydrogen-bond donors (Lipinski definition) is 2. The van der Waals surface area contributed by atoms with Crippen LogP contribution in [0.4, 0.5) is 8.78 Å². The van der Waals surface area contributed by atoms with Gasteiger partial charge >= 0.3 is 0 Å². The van der Waals surface area contributed by atoms with E-state index in [0.29, 0.717) is 0 Å². The molecule has 0 saturated heterocycles. The Bertz CT molecular complexity index is 778. The topological polar surface area (TPSA) is 75.3 Å². The second-order valence-electron chi connectivity index (χ2n) is 4.00. The van der Waals surface area contributed by atoms with Gasteiger partial charge in [-0.05, 0) is 30.3 Å². The number of amides is 1. The van der Waals surface area contributed by atoms with Gasteiger partial charge in [0.1, 0.15) is 11.6 Å². The molecule has 0 heterocycles. The van der Waals surface area contributed by atoms with Crippen molar-refractivity contribution in [3.05, 3.63) is 65.7 Å². The summed E-state index contributed by atoms with van der Waals surface area (Å²) in [6.07, 6.45) is 0. The van der Waals surface area contributed by atoms with Gasteiger partial charge in [0.15, 0.2) is 0 Å². The highest BCUT2D eigenvalue weighted by Gasteiger charge is 2.17. The highest BCUT2D eigenvalue weighted by Crippen LogP contribution is 2.10. The fourth-order valence-electron chi connectivity index (χ4n) is 1.52. The highest BCUT2D eigenvalue weighted by atomic mass is 32.2. The molecular weight excluding hydrogens is 302 g/mol. The molecule has 110 valence electrons. The molecule has 8 heteroatoms. The van der Waals surface area contributed by atoms with Crippen LogP contribution in [0.15, 0.2) is 53.4 Å². The number of sulfonamides is 1. The first-order valence-electron chi connectivity index (χ1n) is 5.72. The lowest BCUT2D eigenvalue weighted by atomic mass is 10.2. The minimum Gasteiger partial charge on any atom is -0.273 e. The van der Waals surface area contributed by atoms with E-state index < -0.39 is 27.6 Å². The second kappa shape index (κ2) is 5.98. The van der Waals surface area contributed by atoms with Gasteiger partial charge in [-0.15, -0.1) is 4.83 Å². The van der Waals surface area contributed by atoms with Crippen LogP contribution in [0.1, 0.15) is 10.4 Å². The van der Waals surface area contributed by atoms with Crippen molar-refractivity contribution in [1.82, 2.24) is 10.3 Å². The monoisotopic (exact) mass is 312 g/mol. The Morgan fingerprint density at radius 3 is 2.38 bits per heavy atom. The van der Waals surface area contributed by atoms with Crippen LogP contribution in [0.2, 0.25) is 0 Å². The van der Waals surface area contributed by atoms with Gasteiger partial charge in [0, 0.05) is 0 Å². The standard InChI is InChI=1S/C13H10F2N2O3S/c14-9-4-3-5-10(8-9)21(19,20)17-16-13(18)11-6-1-2-7-12(11)15/h1-8,17H,(H,16,18). The molecule has 0 spiro atoms. The van der Waals surface area contributed by atoms with E-state index in [1.54, 1.807) is 4.83 Å². The molecule has 0 radical (unpaired) electrons. The second-order valence-corrected chi connectivity index (χ2v) is 5.68. The Morgan fingerprint density at radius 2 is 1.71 bits per heavy atom. The zero-order valence-corrected chi connectivity index (χ0v) is 11.3. The first-order valence-corrected chi connectivity index (χ1v) is 7.21. The zero-order chi connectivity index (χ0) is 15.5. The van der Waals surface area contributed by atoms with Crippen LogP contribution in [0.25, 0.3) is 0 Å². The average Bonchev–Trinajstić information content (AvgIpc) is 2.45. The smallest absolute Gasteiger partial charge is 0.269 e. The zero-order valence-electron chi connectivity index (χ0n) is 10.5. The lowest BCUT2D eigenvalue weighted by Gasteiger charge is -2.09. The minimum atomic E-state index is -4.14. The normalized spacial score (nSPS) is 11.1. The molecule has 5 nitrogen and oxygen atoms in total. The fourth-order valence-corrected chi connectivity index (χ4v) is 2.39. The van der Waals surface area contributed by atoms with Crippen molar-refractivity contribution < 1.29 is 22.0 Å². The van der Waals surface area contributed by atoms with Gasteiger partial charge in [0.25, 0.3) is 15.9 Å². The maximum atomic E-state index is 13.3. The fraction of sp³-hybridized carbons (Fsp3) is 0. The predicted molar refractivity (Wildman–Crippen MR) is 70.6 cm³/mol. The quantitative estimate of drug-likeness (QED) is 0.842. The van der Waals surface area contributed by atoms with Crippen LogP contribution in [-0.4, -0.2) is 14.3 Å². The molecule has 0 aliphatic heterocycles. The van der Waals surface area contributed by atoms with Gasteiger partial charge in [-0.1, -0.05) is 18.2 Å². The minimum absolute atomic E-state index is 0.320. The Balaban J connectivity index is 2.12. The number of hydrazine groups is 1. The van der Waals surface area contributed by atoms with Gasteiger partial charge < -0.3 is 0 Å². The van der Waals surface area contributed by atoms with Crippen molar-refractivity contribution in [3.8, 4) is 0 Å². The lowest BCUT2D eigenvalue weighted by molar-refractivity contribution is 0.0941. The third-order valence-electron chi connectivity index (χ3n) is 2.52. The summed E-state index contributed by atoms with van der Waals surface area (Å²) in [4.78, 5) is 13.1. The van der Waals surface area contributed by atoms with Crippen molar-refractivity contribution in [1.29, 1.82) is 0 Å². The van der Waals surface area contributed by atoms with Gasteiger partial charge in [-0.25, -0.2) is 17.2 Å². The third-order valence-corrected chi connectivity index (χ3v) is 3.77. The largest absolute Gasteiger partial charge is 0.273 e. The Hall–Kier alpha value is -2.32. The van der Waals surface area contributed by atoms with E-state index in [2.05, 4.69) is 0 Å². The summed E-state index contributed by atoms with van der Waals surface area (Å²) in [5.74, 6) is -2.49. The molecule has 0 bridgehead atoms. The summed E-state index contributed by atoms with van der Waals surface area (Å²) in [7, 11) is -4.14. The van der Waals surface area contributed by atoms with Crippen LogP contribution in [0.5, 0.6) is 0 Å². The van der Waals surface area contributed by atoms with Gasteiger partial charge in [-0.2, -0.15) is 0 Å². The highest BCUT2D eigenvalue weighted by molar-refractivity contribution is 7.89. The van der Waals surface area contributed by atoms with Crippen LogP contribution >= 0.6 is 0 Å². The van der Waals surface area contributed by atoms with Crippen LogP contribution in [0.3, 0.4) is 0 Å². The van der Waals surface area contributed by atoms with Crippen molar-refractivity contribution in [2.45, 2.75) is 4.90 Å². The molecule has 21 heavy (non-hydrogen) atoms. The molecule has 0 fully saturated rings. The lowest BCUT2D eigenvalue weighted by Crippen LogP contribution is -2.41. The summed E-state index contributed by atoms with van der Waals surface area (Å²) in [6.45, 7) is 0. The first-order chi connectivity index (χ1) is 9.90. The number of carbonyl (C=O) groups is 1. The summed E-state index contributed by atoms with van der Waals surface area (Å²) in [6, 6.07) is 9.32. The molecular formula is C13H10F2N2O3S. The maximum absolute atomic E-state index is 13.3. The van der Waals surface area contributed by atoms with E-state index in [1.165, 1.54) is 24.3 Å². The van der Waals surface area contributed by atoms with E-state index in [-0.39, 0.29) is 10.5 Å². The van der Waals surface area contributed by atoms with Gasteiger partial charge in [0.2, 0.25) is 0 Å². The molecule has 2 aromatic rings. The number of hydrogen-bond acceptors (Lipinski definition) is 3. The Labute approximate surface area is 119 Å². The van der Waals surface area contributed by atoms with E-state index in [9.17, 15) is 22.0 Å². The van der Waals surface area contributed by atoms with E-state index in [0.717, 1.165) is 24.3 Å². The molecule has 1 amide bonds. The SMILES string of the molecule is O=C(NNS(=O)(=O)c1cccc(F)c1)c1ccccc1F. The number of benzene rings is 2. The molecule has 0 aliphatic rings. The van der Waals surface area contributed by atoms with Crippen molar-refractivity contribution in [2.75, 3.05) is 0 Å². The maximum Gasteiger partial charge on any atom is 0.269 e. The molecule has 0 atom stereocenters. The Morgan fingerprint density at radius 1 is 1.00 bits per heavy atom. The summed E-state index contributed by atoms with van der Waals surface area (Å²) >= 11 is 0. The average molecular weight is 312 g/mol. The number of carbonyl (C=O) groups excluding carboxylic acids is 1. The molecule has 0 unspecified atom stereocenters. The molecule has 0 aromatic heterocycles. The van der Waals surface area contributed by atoms with E-state index in [1.807, 2.05) is 5.43 Å². The molecule has 2 rings (SSSR count). The van der Waals surface area contributed by atoms with Crippen LogP contribution in [-0.2, 0) is 10.0 Å². The molecule has 0 aliphatic carbocycles. The molecule has 2 aromatic carbocycles. The Kier molecular flexibility index (Phi) is 4.29. The third kappa shape index (κ3) is 3.61. The van der Waals surface area contributed by atoms with Crippen LogP contribution < -0.4 is 10.3 Å². The summed E-state index contributed by atoms with van der Waals surface area (Å²) in [5, 5.41) is 0. The van der Waals surface area contributed by atoms with E-state index >= 15 is 0 Å². The van der Waals surface area contributed by atoms with Crippen molar-refractivity contribution in [3.63, 3.8) is 0 Å². The van der Waals surface area contributed by atoms with Crippen LogP contribution in [0, 0.1) is 11.6 Å². The first kappa shape index (κ1) is 15.1. The summed E-state index contributed by atoms with van der Waals surface area (Å²) < 4.78 is 50.0. The number of rotatable bonds is 4. The summed E-state index contributed by atoms with van der Waals surface area (Å²) in [5.41, 5.74) is 1.54. The van der Waals surface area contributed by atoms with Crippen molar-refractivity contribution >= 4 is 15.9 Å². The van der Waals surface area contributed by atoms with Gasteiger partial charge in [-0.3, -0.25) is 10.2 Å². The van der Waals surface area contributed by atoms with E-state index in [4.69, 9.17) is 0 Å².